The third-order valence-electron chi connectivity index (χ3n) is 3.28. The number of hydrogen-bond acceptors (Lipinski definition) is 3. The zero-order valence-electron chi connectivity index (χ0n) is 12.8. The first-order chi connectivity index (χ1) is 11.9. The van der Waals surface area contributed by atoms with E-state index in [1.165, 1.54) is 24.3 Å². The third kappa shape index (κ3) is 4.45. The Morgan fingerprint density at radius 2 is 1.40 bits per heavy atom. The molecule has 3 rings (SSSR count). The number of para-hydroxylation sites is 1. The lowest BCUT2D eigenvalue weighted by atomic mass is 10.3. The van der Waals surface area contributed by atoms with E-state index < -0.39 is 10.0 Å². The van der Waals surface area contributed by atoms with E-state index in [9.17, 15) is 8.42 Å². The molecule has 3 aromatic rings. The van der Waals surface area contributed by atoms with Crippen LogP contribution in [-0.2, 0) is 10.0 Å². The first kappa shape index (κ1) is 17.6. The van der Waals surface area contributed by atoms with Crippen molar-refractivity contribution in [3.05, 3.63) is 82.8 Å². The maximum atomic E-state index is 12.4. The summed E-state index contributed by atoms with van der Waals surface area (Å²) in [6.45, 7) is 0. The summed E-state index contributed by atoms with van der Waals surface area (Å²) in [5.74, 6) is 1.21. The average molecular weight is 394 g/mol. The predicted octanol–water partition coefficient (Wildman–Crippen LogP) is 5.59. The van der Waals surface area contributed by atoms with Gasteiger partial charge < -0.3 is 4.74 Å². The van der Waals surface area contributed by atoms with E-state index in [-0.39, 0.29) is 9.92 Å². The minimum Gasteiger partial charge on any atom is -0.457 e. The van der Waals surface area contributed by atoms with E-state index in [1.807, 2.05) is 30.3 Å². The number of halogens is 2. The Kier molecular flexibility index (Phi) is 5.18. The molecule has 0 aliphatic rings. The minimum absolute atomic E-state index is 0.110. The van der Waals surface area contributed by atoms with Crippen LogP contribution in [0.1, 0.15) is 0 Å². The largest absolute Gasteiger partial charge is 0.457 e. The maximum absolute atomic E-state index is 12.4. The fraction of sp³-hybridized carbons (Fsp3) is 0. The first-order valence-electron chi connectivity index (χ1n) is 7.25. The number of benzene rings is 3. The number of rotatable bonds is 5. The second-order valence-electron chi connectivity index (χ2n) is 5.12. The summed E-state index contributed by atoms with van der Waals surface area (Å²) in [7, 11) is -3.74. The molecule has 3 aromatic carbocycles. The van der Waals surface area contributed by atoms with Crippen LogP contribution in [0, 0.1) is 0 Å². The molecule has 0 saturated heterocycles. The van der Waals surface area contributed by atoms with Crippen molar-refractivity contribution in [3.8, 4) is 11.5 Å². The van der Waals surface area contributed by atoms with E-state index in [2.05, 4.69) is 4.72 Å². The van der Waals surface area contributed by atoms with Crippen molar-refractivity contribution in [1.82, 2.24) is 0 Å². The molecule has 0 aromatic heterocycles. The number of ether oxygens (including phenoxy) is 1. The Labute approximate surface area is 156 Å². The number of anilines is 1. The van der Waals surface area contributed by atoms with Crippen LogP contribution in [0.3, 0.4) is 0 Å². The molecule has 0 spiro atoms. The van der Waals surface area contributed by atoms with Crippen molar-refractivity contribution in [2.45, 2.75) is 4.90 Å². The summed E-state index contributed by atoms with van der Waals surface area (Å²) in [5.41, 5.74) is 0.332. The highest BCUT2D eigenvalue weighted by Gasteiger charge is 2.15. The Morgan fingerprint density at radius 3 is 2.04 bits per heavy atom. The van der Waals surface area contributed by atoms with Crippen molar-refractivity contribution in [3.63, 3.8) is 0 Å². The normalized spacial score (nSPS) is 11.1. The summed E-state index contributed by atoms with van der Waals surface area (Å²) >= 11 is 11.7. The molecule has 0 fully saturated rings. The van der Waals surface area contributed by atoms with Gasteiger partial charge in [0.2, 0.25) is 0 Å². The van der Waals surface area contributed by atoms with Crippen LogP contribution in [0.4, 0.5) is 5.69 Å². The van der Waals surface area contributed by atoms with Gasteiger partial charge in [0.15, 0.2) is 0 Å². The molecule has 0 bridgehead atoms. The fourth-order valence-corrected chi connectivity index (χ4v) is 3.43. The monoisotopic (exact) mass is 393 g/mol. The second-order valence-corrected chi connectivity index (χ2v) is 7.62. The molecule has 0 amide bonds. The third-order valence-corrected chi connectivity index (χ3v) is 5.42. The quantitative estimate of drug-likeness (QED) is 0.614. The summed E-state index contributed by atoms with van der Waals surface area (Å²) in [6, 6.07) is 19.9. The number of sulfonamides is 1. The van der Waals surface area contributed by atoms with Gasteiger partial charge in [-0.1, -0.05) is 41.4 Å². The van der Waals surface area contributed by atoms with Gasteiger partial charge in [0.25, 0.3) is 10.0 Å². The molecule has 0 saturated carbocycles. The van der Waals surface area contributed by atoms with Gasteiger partial charge >= 0.3 is 0 Å². The highest BCUT2D eigenvalue weighted by molar-refractivity contribution is 7.92. The molecule has 0 unspecified atom stereocenters. The van der Waals surface area contributed by atoms with Gasteiger partial charge in [-0.3, -0.25) is 4.72 Å². The summed E-state index contributed by atoms with van der Waals surface area (Å²) < 4.78 is 33.0. The molecule has 25 heavy (non-hydrogen) atoms. The lowest BCUT2D eigenvalue weighted by Gasteiger charge is -2.10. The molecule has 0 radical (unpaired) electrons. The van der Waals surface area contributed by atoms with Crippen LogP contribution in [0.2, 0.25) is 10.0 Å². The van der Waals surface area contributed by atoms with E-state index in [1.54, 1.807) is 18.2 Å². The van der Waals surface area contributed by atoms with Crippen LogP contribution in [0.15, 0.2) is 77.7 Å². The minimum atomic E-state index is -3.74. The molecule has 0 aliphatic heterocycles. The summed E-state index contributed by atoms with van der Waals surface area (Å²) in [5, 5.41) is 0.625. The standard InChI is InChI=1S/C18H13Cl2NO3S/c19-17-11-6-13(12-18(17)20)21-25(22,23)16-9-7-15(8-10-16)24-14-4-2-1-3-5-14/h1-12,21H. The second kappa shape index (κ2) is 7.35. The molecule has 0 aliphatic carbocycles. The van der Waals surface area contributed by atoms with Crippen LogP contribution in [-0.4, -0.2) is 8.42 Å². The van der Waals surface area contributed by atoms with Crippen LogP contribution in [0.5, 0.6) is 11.5 Å². The summed E-state index contributed by atoms with van der Waals surface area (Å²) in [4.78, 5) is 0.110. The highest BCUT2D eigenvalue weighted by Crippen LogP contribution is 2.27. The van der Waals surface area contributed by atoms with Gasteiger partial charge in [0.1, 0.15) is 11.5 Å². The summed E-state index contributed by atoms with van der Waals surface area (Å²) in [6.07, 6.45) is 0. The molecule has 0 atom stereocenters. The smallest absolute Gasteiger partial charge is 0.261 e. The van der Waals surface area contributed by atoms with Gasteiger partial charge in [-0.05, 0) is 54.6 Å². The van der Waals surface area contributed by atoms with Crippen molar-refractivity contribution in [2.24, 2.45) is 0 Å². The predicted molar refractivity (Wildman–Crippen MR) is 100 cm³/mol. The highest BCUT2D eigenvalue weighted by atomic mass is 35.5. The molecule has 4 nitrogen and oxygen atoms in total. The molecule has 7 heteroatoms. The van der Waals surface area contributed by atoms with Crippen LogP contribution < -0.4 is 9.46 Å². The van der Waals surface area contributed by atoms with Crippen LogP contribution >= 0.6 is 23.2 Å². The SMILES string of the molecule is O=S(=O)(Nc1ccc(Cl)c(Cl)c1)c1ccc(Oc2ccccc2)cc1. The average Bonchev–Trinajstić information content (AvgIpc) is 2.59. The van der Waals surface area contributed by atoms with E-state index in [0.717, 1.165) is 0 Å². The van der Waals surface area contributed by atoms with E-state index in [0.29, 0.717) is 22.2 Å². The topological polar surface area (TPSA) is 55.4 Å². The first-order valence-corrected chi connectivity index (χ1v) is 9.49. The Balaban J connectivity index is 1.77. The molecular formula is C18H13Cl2NO3S. The molecular weight excluding hydrogens is 381 g/mol. The Morgan fingerprint density at radius 1 is 0.760 bits per heavy atom. The van der Waals surface area contributed by atoms with Gasteiger partial charge in [-0.25, -0.2) is 8.42 Å². The van der Waals surface area contributed by atoms with Crippen molar-refractivity contribution < 1.29 is 13.2 Å². The number of hydrogen-bond donors (Lipinski definition) is 1. The maximum Gasteiger partial charge on any atom is 0.261 e. The van der Waals surface area contributed by atoms with Gasteiger partial charge in [0, 0.05) is 0 Å². The van der Waals surface area contributed by atoms with E-state index in [4.69, 9.17) is 27.9 Å². The zero-order valence-corrected chi connectivity index (χ0v) is 15.1. The fourth-order valence-electron chi connectivity index (χ4n) is 2.09. The molecule has 1 N–H and O–H groups in total. The van der Waals surface area contributed by atoms with Gasteiger partial charge in [-0.15, -0.1) is 0 Å². The van der Waals surface area contributed by atoms with Crippen molar-refractivity contribution in [2.75, 3.05) is 4.72 Å². The Bertz CT molecular complexity index is 975. The molecule has 128 valence electrons. The van der Waals surface area contributed by atoms with E-state index >= 15 is 0 Å². The van der Waals surface area contributed by atoms with Gasteiger partial charge in [0.05, 0.1) is 20.6 Å². The zero-order chi connectivity index (χ0) is 17.9. The number of nitrogens with one attached hydrogen (secondary N) is 1. The lowest BCUT2D eigenvalue weighted by molar-refractivity contribution is 0.482. The van der Waals surface area contributed by atoms with Crippen molar-refractivity contribution >= 4 is 38.9 Å². The van der Waals surface area contributed by atoms with Crippen LogP contribution in [0.25, 0.3) is 0 Å². The van der Waals surface area contributed by atoms with Gasteiger partial charge in [-0.2, -0.15) is 0 Å². The molecule has 0 heterocycles. The lowest BCUT2D eigenvalue weighted by Crippen LogP contribution is -2.12. The van der Waals surface area contributed by atoms with Crippen molar-refractivity contribution in [1.29, 1.82) is 0 Å². The Hall–Kier alpha value is -2.21.